The minimum atomic E-state index is -0.614. The van der Waals surface area contributed by atoms with E-state index in [-0.39, 0.29) is 11.3 Å². The monoisotopic (exact) mass is 191 g/mol. The maximum atomic E-state index is 11.0. The van der Waals surface area contributed by atoms with E-state index < -0.39 is 5.91 Å². The van der Waals surface area contributed by atoms with E-state index in [9.17, 15) is 9.90 Å². The summed E-state index contributed by atoms with van der Waals surface area (Å²) < 4.78 is 0. The van der Waals surface area contributed by atoms with Gasteiger partial charge in [-0.05, 0) is 30.5 Å². The Kier molecular flexibility index (Phi) is 2.92. The molecule has 0 aromatic heterocycles. The molecule has 0 fully saturated rings. The molecule has 0 aliphatic carbocycles. The zero-order chi connectivity index (χ0) is 10.7. The first-order valence-corrected chi connectivity index (χ1v) is 4.29. The molecule has 3 heteroatoms. The number of phenols is 1. The van der Waals surface area contributed by atoms with Gasteiger partial charge in [-0.15, -0.1) is 6.58 Å². The highest BCUT2D eigenvalue weighted by atomic mass is 16.3. The van der Waals surface area contributed by atoms with Gasteiger partial charge in [-0.1, -0.05) is 12.1 Å². The van der Waals surface area contributed by atoms with Crippen LogP contribution in [0.5, 0.6) is 5.75 Å². The molecule has 1 aromatic carbocycles. The number of hydrogen-bond donors (Lipinski definition) is 2. The molecule has 0 unspecified atom stereocenters. The van der Waals surface area contributed by atoms with E-state index in [0.717, 1.165) is 5.56 Å². The number of rotatable bonds is 3. The van der Waals surface area contributed by atoms with Gasteiger partial charge in [0.1, 0.15) is 5.75 Å². The van der Waals surface area contributed by atoms with E-state index in [1.807, 2.05) is 6.07 Å². The highest BCUT2D eigenvalue weighted by molar-refractivity contribution is 5.96. The van der Waals surface area contributed by atoms with Crippen LogP contribution in [0.4, 0.5) is 0 Å². The third-order valence-corrected chi connectivity index (χ3v) is 2.01. The van der Waals surface area contributed by atoms with Crippen LogP contribution < -0.4 is 5.73 Å². The number of benzene rings is 1. The van der Waals surface area contributed by atoms with E-state index in [0.29, 0.717) is 12.0 Å². The lowest BCUT2D eigenvalue weighted by molar-refractivity contribution is 0.0997. The Morgan fingerprint density at radius 1 is 1.64 bits per heavy atom. The van der Waals surface area contributed by atoms with Crippen LogP contribution in [0.1, 0.15) is 21.5 Å². The smallest absolute Gasteiger partial charge is 0.252 e. The predicted molar refractivity (Wildman–Crippen MR) is 55.3 cm³/mol. The van der Waals surface area contributed by atoms with Gasteiger partial charge < -0.3 is 10.8 Å². The van der Waals surface area contributed by atoms with Gasteiger partial charge in [-0.2, -0.15) is 0 Å². The van der Waals surface area contributed by atoms with E-state index in [1.54, 1.807) is 19.1 Å². The van der Waals surface area contributed by atoms with Gasteiger partial charge in [0.05, 0.1) is 5.56 Å². The van der Waals surface area contributed by atoms with Crippen molar-refractivity contribution in [1.29, 1.82) is 0 Å². The molecule has 0 aliphatic rings. The normalized spacial score (nSPS) is 9.79. The van der Waals surface area contributed by atoms with Gasteiger partial charge in [0.15, 0.2) is 0 Å². The largest absolute Gasteiger partial charge is 0.507 e. The van der Waals surface area contributed by atoms with Crippen LogP contribution in [-0.2, 0) is 6.42 Å². The summed E-state index contributed by atoms with van der Waals surface area (Å²) in [6, 6.07) is 3.40. The molecule has 0 bridgehead atoms. The third kappa shape index (κ3) is 1.93. The minimum Gasteiger partial charge on any atom is -0.507 e. The zero-order valence-corrected chi connectivity index (χ0v) is 8.08. The van der Waals surface area contributed by atoms with E-state index in [4.69, 9.17) is 5.73 Å². The quantitative estimate of drug-likeness (QED) is 0.711. The highest BCUT2D eigenvalue weighted by Gasteiger charge is 2.10. The Balaban J connectivity index is 3.27. The lowest BCUT2D eigenvalue weighted by atomic mass is 10.0. The maximum Gasteiger partial charge on any atom is 0.252 e. The number of amides is 1. The maximum absolute atomic E-state index is 11.0. The second-order valence-electron chi connectivity index (χ2n) is 3.17. The molecule has 0 radical (unpaired) electrons. The topological polar surface area (TPSA) is 63.3 Å². The second-order valence-corrected chi connectivity index (χ2v) is 3.17. The van der Waals surface area contributed by atoms with Crippen LogP contribution in [0.15, 0.2) is 24.8 Å². The van der Waals surface area contributed by atoms with Crippen molar-refractivity contribution in [3.63, 3.8) is 0 Å². The molecule has 0 aliphatic heterocycles. The first kappa shape index (κ1) is 10.3. The van der Waals surface area contributed by atoms with Gasteiger partial charge in [0.2, 0.25) is 0 Å². The molecule has 0 atom stereocenters. The fourth-order valence-corrected chi connectivity index (χ4v) is 1.33. The lowest BCUT2D eigenvalue weighted by Crippen LogP contribution is -2.12. The van der Waals surface area contributed by atoms with E-state index in [2.05, 4.69) is 6.58 Å². The molecule has 3 nitrogen and oxygen atoms in total. The molecule has 74 valence electrons. The zero-order valence-electron chi connectivity index (χ0n) is 8.08. The van der Waals surface area contributed by atoms with Crippen molar-refractivity contribution in [2.45, 2.75) is 13.3 Å². The average molecular weight is 191 g/mol. The number of aromatic hydroxyl groups is 1. The molecule has 1 amide bonds. The Labute approximate surface area is 82.9 Å². The summed E-state index contributed by atoms with van der Waals surface area (Å²) in [5.74, 6) is -0.651. The molecule has 0 heterocycles. The van der Waals surface area contributed by atoms with Gasteiger partial charge in [-0.3, -0.25) is 4.79 Å². The third-order valence-electron chi connectivity index (χ3n) is 2.01. The number of carbonyl (C=O) groups excluding carboxylic acids is 1. The van der Waals surface area contributed by atoms with Crippen LogP contribution in [0, 0.1) is 6.92 Å². The van der Waals surface area contributed by atoms with Crippen molar-refractivity contribution in [3.8, 4) is 5.75 Å². The Bertz CT molecular complexity index is 383. The van der Waals surface area contributed by atoms with Crippen LogP contribution in [0.25, 0.3) is 0 Å². The van der Waals surface area contributed by atoms with Crippen LogP contribution in [0.3, 0.4) is 0 Å². The number of carbonyl (C=O) groups is 1. The predicted octanol–water partition coefficient (Wildman–Crippen LogP) is 1.53. The SMILES string of the molecule is C=CCc1cc(C)c(O)c(C(N)=O)c1. The summed E-state index contributed by atoms with van der Waals surface area (Å²) in [6.45, 7) is 5.33. The fourth-order valence-electron chi connectivity index (χ4n) is 1.33. The van der Waals surface area contributed by atoms with Gasteiger partial charge in [-0.25, -0.2) is 0 Å². The summed E-state index contributed by atoms with van der Waals surface area (Å²) >= 11 is 0. The van der Waals surface area contributed by atoms with Crippen LogP contribution >= 0.6 is 0 Å². The van der Waals surface area contributed by atoms with Crippen molar-refractivity contribution in [3.05, 3.63) is 41.5 Å². The Morgan fingerprint density at radius 3 is 2.79 bits per heavy atom. The van der Waals surface area contributed by atoms with Gasteiger partial charge in [0.25, 0.3) is 5.91 Å². The molecule has 0 saturated heterocycles. The van der Waals surface area contributed by atoms with E-state index in [1.165, 1.54) is 0 Å². The van der Waals surface area contributed by atoms with Crippen molar-refractivity contribution >= 4 is 5.91 Å². The highest BCUT2D eigenvalue weighted by Crippen LogP contribution is 2.23. The Hall–Kier alpha value is -1.77. The summed E-state index contributed by atoms with van der Waals surface area (Å²) in [5, 5.41) is 9.53. The van der Waals surface area contributed by atoms with Crippen LogP contribution in [0.2, 0.25) is 0 Å². The first-order valence-electron chi connectivity index (χ1n) is 4.29. The molecule has 0 saturated carbocycles. The van der Waals surface area contributed by atoms with Gasteiger partial charge >= 0.3 is 0 Å². The summed E-state index contributed by atoms with van der Waals surface area (Å²) in [6.07, 6.45) is 2.39. The number of hydrogen-bond acceptors (Lipinski definition) is 2. The lowest BCUT2D eigenvalue weighted by Gasteiger charge is -2.06. The number of allylic oxidation sites excluding steroid dienone is 1. The minimum absolute atomic E-state index is 0.0367. The molecule has 1 rings (SSSR count). The molecular formula is C11H13NO2. The number of primary amides is 1. The second kappa shape index (κ2) is 3.96. The average Bonchev–Trinajstić information content (AvgIpc) is 2.11. The molecule has 14 heavy (non-hydrogen) atoms. The summed E-state index contributed by atoms with van der Waals surface area (Å²) in [7, 11) is 0. The molecular weight excluding hydrogens is 178 g/mol. The van der Waals surface area contributed by atoms with Crippen LogP contribution in [-0.4, -0.2) is 11.0 Å². The standard InChI is InChI=1S/C11H13NO2/c1-3-4-8-5-7(2)10(13)9(6-8)11(12)14/h3,5-6,13H,1,4H2,2H3,(H2,12,14). The molecule has 3 N–H and O–H groups in total. The molecule has 0 spiro atoms. The fraction of sp³-hybridized carbons (Fsp3) is 0.182. The first-order chi connectivity index (χ1) is 6.56. The number of nitrogens with two attached hydrogens (primary N) is 1. The van der Waals surface area contributed by atoms with Crippen molar-refractivity contribution in [2.24, 2.45) is 5.73 Å². The van der Waals surface area contributed by atoms with Crippen molar-refractivity contribution in [2.75, 3.05) is 0 Å². The van der Waals surface area contributed by atoms with Crippen molar-refractivity contribution < 1.29 is 9.90 Å². The Morgan fingerprint density at radius 2 is 2.29 bits per heavy atom. The summed E-state index contributed by atoms with van der Waals surface area (Å²) in [4.78, 5) is 11.0. The van der Waals surface area contributed by atoms with E-state index >= 15 is 0 Å². The number of aryl methyl sites for hydroxylation is 1. The molecule has 1 aromatic rings. The summed E-state index contributed by atoms with van der Waals surface area (Å²) in [5.41, 5.74) is 6.86. The van der Waals surface area contributed by atoms with Gasteiger partial charge in [0, 0.05) is 0 Å². The van der Waals surface area contributed by atoms with Crippen molar-refractivity contribution in [1.82, 2.24) is 0 Å².